The van der Waals surface area contributed by atoms with Crippen molar-refractivity contribution in [2.45, 2.75) is 0 Å². The summed E-state index contributed by atoms with van der Waals surface area (Å²) in [5.74, 6) is -1.19. The van der Waals surface area contributed by atoms with E-state index in [2.05, 4.69) is 17.7 Å². The molecule has 0 bridgehead atoms. The normalized spacial score (nSPS) is 11.6. The van der Waals surface area contributed by atoms with E-state index < -0.39 is 44.7 Å². The molecule has 0 fully saturated rings. The molecule has 2 unspecified atom stereocenters. The molecular weight excluding hydrogens is 460 g/mol. The molecule has 0 saturated carbocycles. The van der Waals surface area contributed by atoms with Crippen LogP contribution in [0.2, 0.25) is 0 Å². The summed E-state index contributed by atoms with van der Waals surface area (Å²) >= 11 is 0. The second-order valence-electron chi connectivity index (χ2n) is 2.51. The van der Waals surface area contributed by atoms with Crippen molar-refractivity contribution in [2.24, 2.45) is 0 Å². The number of carboxylic acid groups (broad SMARTS) is 1. The molecule has 0 aromatic heterocycles. The number of hydrogen-bond donors (Lipinski definition) is 6. The zero-order valence-electron chi connectivity index (χ0n) is 11.9. The zero-order valence-corrected chi connectivity index (χ0v) is 17.0. The molecule has 142 valence electrons. The second kappa shape index (κ2) is 16.9. The van der Waals surface area contributed by atoms with Gasteiger partial charge in [-0.05, 0) is 8.62 Å². The number of carbonyl (C=O) groups is 1. The van der Waals surface area contributed by atoms with E-state index in [4.69, 9.17) is 34.6 Å². The summed E-state index contributed by atoms with van der Waals surface area (Å²) in [6, 6.07) is 0. The summed E-state index contributed by atoms with van der Waals surface area (Å²) in [6.07, 6.45) is 0. The fourth-order valence-corrected chi connectivity index (χ4v) is 2.16. The van der Waals surface area contributed by atoms with E-state index in [-0.39, 0.29) is 21.7 Å². The van der Waals surface area contributed by atoms with Gasteiger partial charge in [-0.25, -0.2) is 13.9 Å². The van der Waals surface area contributed by atoms with Gasteiger partial charge in [-0.2, -0.15) is 0 Å². The van der Waals surface area contributed by atoms with Crippen LogP contribution in [0.15, 0.2) is 0 Å². The van der Waals surface area contributed by atoms with Crippen LogP contribution in [-0.4, -0.2) is 56.6 Å². The van der Waals surface area contributed by atoms with Gasteiger partial charge in [0.25, 0.3) is 0 Å². The van der Waals surface area contributed by atoms with Crippen LogP contribution < -0.4 is 0 Å². The van der Waals surface area contributed by atoms with Gasteiger partial charge in [0.15, 0.2) is 0 Å². The minimum absolute atomic E-state index is 0. The van der Waals surface area contributed by atoms with Crippen molar-refractivity contribution in [1.29, 1.82) is 0 Å². The van der Waals surface area contributed by atoms with Crippen LogP contribution in [0.4, 0.5) is 0 Å². The molecule has 0 aliphatic heterocycles. The number of aliphatic hydroxyl groups is 1. The molecule has 0 aliphatic carbocycles. The van der Waals surface area contributed by atoms with Crippen molar-refractivity contribution in [2.75, 3.05) is 20.8 Å². The Hall–Kier alpha value is 0.484. The topological polar surface area (TPSA) is 244 Å². The summed E-state index contributed by atoms with van der Waals surface area (Å²) in [5, 5.41) is 15.0. The monoisotopic (exact) mass is 474 g/mol. The minimum atomic E-state index is -4.65. The molecule has 6 N–H and O–H groups in total. The maximum absolute atomic E-state index is 10.0. The van der Waals surface area contributed by atoms with Crippen LogP contribution >= 0.6 is 32.2 Å². The second-order valence-corrected chi connectivity index (χ2v) is 7.40. The average molecular weight is 474 g/mol. The van der Waals surface area contributed by atoms with Gasteiger partial charge in [-0.1, -0.05) is 0 Å². The van der Waals surface area contributed by atoms with E-state index in [9.17, 15) is 18.3 Å². The molecule has 15 nitrogen and oxygen atoms in total. The van der Waals surface area contributed by atoms with Crippen LogP contribution in [0.1, 0.15) is 0 Å². The van der Waals surface area contributed by atoms with Gasteiger partial charge in [-0.3, -0.25) is 0 Å². The maximum Gasteiger partial charge on any atom is 0.708 e. The Morgan fingerprint density at radius 3 is 1.17 bits per heavy atom. The van der Waals surface area contributed by atoms with Gasteiger partial charge in [0, 0.05) is 30.8 Å². The maximum atomic E-state index is 10.0. The van der Waals surface area contributed by atoms with Gasteiger partial charge in [0.2, 0.25) is 0 Å². The summed E-state index contributed by atoms with van der Waals surface area (Å²) in [4.78, 5) is 40.9. The largest absolute Gasteiger partial charge is 0.708 e. The predicted octanol–water partition coefficient (Wildman–Crippen LogP) is -0.140. The first-order valence-corrected chi connectivity index (χ1v) is 9.79. The van der Waals surface area contributed by atoms with Gasteiger partial charge in [-0.15, -0.1) is 9.05 Å². The zero-order chi connectivity index (χ0) is 19.3. The van der Waals surface area contributed by atoms with Crippen molar-refractivity contribution >= 4 is 38.1 Å². The summed E-state index contributed by atoms with van der Waals surface area (Å²) in [7, 11) is -12.6. The van der Waals surface area contributed by atoms with Crippen LogP contribution in [0.25, 0.3) is 0 Å². The number of phosphoric acid groups is 2. The Bertz CT molecular complexity index is 430. The van der Waals surface area contributed by atoms with Gasteiger partial charge < -0.3 is 29.8 Å². The summed E-state index contributed by atoms with van der Waals surface area (Å²) in [5.41, 5.74) is 0. The number of hydrogen-bond acceptors (Lipinski definition) is 10. The van der Waals surface area contributed by atoms with E-state index >= 15 is 0 Å². The number of aliphatic hydroxyl groups excluding tert-OH is 1. The minimum Gasteiger partial charge on any atom is -0.480 e. The Kier molecular flexibility index (Phi) is 22.7. The standard InChI is InChI=1S/C2H4O3.2CH4O6P2.Ti/c3-1-2(4)5;2*1-6-8(2)7-9(3,4)5;/h3H,1H2,(H,4,5);2*1H3,(H-,3,4,5);/p+2. The molecule has 0 saturated heterocycles. The average Bonchev–Trinajstić information content (AvgIpc) is 2.36. The Morgan fingerprint density at radius 1 is 0.917 bits per heavy atom. The summed E-state index contributed by atoms with van der Waals surface area (Å²) < 4.78 is 54.6. The Labute approximate surface area is 151 Å². The van der Waals surface area contributed by atoms with Gasteiger partial charge in [0.05, 0.1) is 14.2 Å². The fraction of sp³-hybridized carbons (Fsp3) is 0.750. The molecule has 0 aromatic carbocycles. The van der Waals surface area contributed by atoms with Crippen LogP contribution in [0, 0.1) is 0 Å². The SMILES string of the molecule is CO[P+](=O)OP(=O)(O)O.CO[P+](=O)OP(=O)(O)O.O=C(O)CO.[Ti]. The molecule has 24 heavy (non-hydrogen) atoms. The smallest absolute Gasteiger partial charge is 0.480 e. The van der Waals surface area contributed by atoms with E-state index in [1.54, 1.807) is 0 Å². The molecule has 0 aliphatic rings. The van der Waals surface area contributed by atoms with Crippen molar-refractivity contribution in [3.8, 4) is 0 Å². The molecule has 20 heteroatoms. The third-order valence-electron chi connectivity index (χ3n) is 0.779. The van der Waals surface area contributed by atoms with Gasteiger partial charge in [0.1, 0.15) is 6.61 Å². The Balaban J connectivity index is -0.000000128. The van der Waals surface area contributed by atoms with E-state index in [1.807, 2.05) is 0 Å². The molecule has 0 amide bonds. The first kappa shape index (κ1) is 32.2. The predicted molar refractivity (Wildman–Crippen MR) is 70.2 cm³/mol. The number of aliphatic carboxylic acids is 1. The number of carboxylic acids is 1. The van der Waals surface area contributed by atoms with Crippen molar-refractivity contribution in [3.63, 3.8) is 0 Å². The quantitative estimate of drug-likeness (QED) is 0.208. The van der Waals surface area contributed by atoms with Crippen LogP contribution in [0.3, 0.4) is 0 Å². The molecule has 0 rings (SSSR count). The molecule has 2 atom stereocenters. The third kappa shape index (κ3) is 38.2. The van der Waals surface area contributed by atoms with Gasteiger partial charge >= 0.3 is 38.1 Å². The van der Waals surface area contributed by atoms with E-state index in [0.29, 0.717) is 0 Å². The van der Waals surface area contributed by atoms with Crippen molar-refractivity contribution < 1.29 is 92.2 Å². The summed E-state index contributed by atoms with van der Waals surface area (Å²) in [6.45, 7) is -0.778. The van der Waals surface area contributed by atoms with E-state index in [0.717, 1.165) is 14.2 Å². The number of rotatable bonds is 7. The third-order valence-corrected chi connectivity index (χ3v) is 4.14. The molecular formula is C4H14O15P4Ti+2. The molecule has 0 spiro atoms. The Morgan fingerprint density at radius 2 is 1.12 bits per heavy atom. The van der Waals surface area contributed by atoms with Crippen LogP contribution in [-0.2, 0) is 62.4 Å². The van der Waals surface area contributed by atoms with E-state index in [1.165, 1.54) is 0 Å². The van der Waals surface area contributed by atoms with Crippen molar-refractivity contribution in [1.82, 2.24) is 0 Å². The first-order valence-electron chi connectivity index (χ1n) is 4.54. The molecule has 0 aromatic rings. The fourth-order valence-electron chi connectivity index (χ4n) is 0.240. The molecule has 0 radical (unpaired) electrons. The van der Waals surface area contributed by atoms with Crippen LogP contribution in [0.5, 0.6) is 0 Å². The molecule has 0 heterocycles. The first-order chi connectivity index (χ1) is 10.2. The van der Waals surface area contributed by atoms with Crippen molar-refractivity contribution in [3.05, 3.63) is 0 Å².